The molecule has 0 N–H and O–H groups in total. The lowest BCUT2D eigenvalue weighted by Gasteiger charge is -2.05. The van der Waals surface area contributed by atoms with Crippen LogP contribution in [0.5, 0.6) is 5.75 Å². The van der Waals surface area contributed by atoms with Crippen LogP contribution in [0.15, 0.2) is 59.9 Å². The quantitative estimate of drug-likeness (QED) is 0.413. The molecule has 0 fully saturated rings. The fourth-order valence-electron chi connectivity index (χ4n) is 1.18. The molecule has 0 aliphatic heterocycles. The third-order valence-corrected chi connectivity index (χ3v) is 1.91. The van der Waals surface area contributed by atoms with E-state index in [-0.39, 0.29) is 5.97 Å². The number of para-hydroxylation sites is 1. The lowest BCUT2D eigenvalue weighted by molar-refractivity contribution is -0.129. The van der Waals surface area contributed by atoms with Crippen LogP contribution < -0.4 is 4.74 Å². The number of carbonyl (C=O) groups excluding carboxylic acids is 1. The van der Waals surface area contributed by atoms with E-state index in [0.717, 1.165) is 0 Å². The van der Waals surface area contributed by atoms with Crippen LogP contribution in [0, 0.1) is 6.42 Å². The molecule has 2 rings (SSSR count). The maximum Gasteiger partial charge on any atom is 0.340 e. The standard InChI is InChI=1S/C13H9O2/c14-13(11-7-3-1-4-8-11)15-12-9-5-2-6-10-12/h2-10H. The predicted molar refractivity (Wildman–Crippen MR) is 57.1 cm³/mol. The Bertz CT molecular complexity index is 449. The van der Waals surface area contributed by atoms with Gasteiger partial charge in [0.1, 0.15) is 5.75 Å². The van der Waals surface area contributed by atoms with Crippen LogP contribution in [0.1, 0.15) is 0 Å². The van der Waals surface area contributed by atoms with Gasteiger partial charge in [0.15, 0.2) is 0 Å². The highest BCUT2D eigenvalue weighted by atomic mass is 16.5. The Morgan fingerprint density at radius 1 is 1.13 bits per heavy atom. The van der Waals surface area contributed by atoms with Crippen molar-refractivity contribution in [1.29, 1.82) is 0 Å². The fourth-order valence-corrected chi connectivity index (χ4v) is 1.18. The molecule has 0 amide bonds. The summed E-state index contributed by atoms with van der Waals surface area (Å²) in [5.74, 6) is 0.200. The number of ether oxygens (including phenoxy) is 1. The highest BCUT2D eigenvalue weighted by Crippen LogP contribution is 2.13. The van der Waals surface area contributed by atoms with Gasteiger partial charge in [-0.2, -0.15) is 0 Å². The minimum absolute atomic E-state index is 0.352. The van der Waals surface area contributed by atoms with E-state index >= 15 is 0 Å². The SMILES string of the molecule is O=C(Oc1ccccc1)C1=CC=C=C[CH]1. The second-order valence-electron chi connectivity index (χ2n) is 2.99. The molecule has 0 atom stereocenters. The van der Waals surface area contributed by atoms with E-state index in [1.165, 1.54) is 0 Å². The second kappa shape index (κ2) is 4.45. The van der Waals surface area contributed by atoms with Crippen LogP contribution in [-0.2, 0) is 4.79 Å². The molecular weight excluding hydrogens is 188 g/mol. The minimum atomic E-state index is -0.352. The summed E-state index contributed by atoms with van der Waals surface area (Å²) >= 11 is 0. The Labute approximate surface area is 88.2 Å². The Hall–Kier alpha value is -2.05. The molecule has 1 aliphatic rings. The topological polar surface area (TPSA) is 26.3 Å². The van der Waals surface area contributed by atoms with Gasteiger partial charge in [-0.1, -0.05) is 18.2 Å². The molecule has 0 saturated carbocycles. The Balaban J connectivity index is 2.05. The van der Waals surface area contributed by atoms with Crippen LogP contribution in [0.3, 0.4) is 0 Å². The monoisotopic (exact) mass is 197 g/mol. The van der Waals surface area contributed by atoms with Crippen molar-refractivity contribution in [1.82, 2.24) is 0 Å². The zero-order valence-corrected chi connectivity index (χ0v) is 8.01. The van der Waals surface area contributed by atoms with Gasteiger partial charge in [0.05, 0.1) is 0 Å². The third kappa shape index (κ3) is 2.46. The van der Waals surface area contributed by atoms with Gasteiger partial charge < -0.3 is 4.74 Å². The third-order valence-electron chi connectivity index (χ3n) is 1.91. The zero-order chi connectivity index (χ0) is 10.5. The Morgan fingerprint density at radius 3 is 2.60 bits per heavy atom. The van der Waals surface area contributed by atoms with Gasteiger partial charge in [-0.05, 0) is 30.4 Å². The van der Waals surface area contributed by atoms with E-state index in [1.807, 2.05) is 18.2 Å². The number of esters is 1. The Morgan fingerprint density at radius 2 is 1.93 bits per heavy atom. The van der Waals surface area contributed by atoms with Gasteiger partial charge >= 0.3 is 5.97 Å². The summed E-state index contributed by atoms with van der Waals surface area (Å²) in [4.78, 5) is 11.6. The largest absolute Gasteiger partial charge is 0.423 e. The van der Waals surface area contributed by atoms with E-state index < -0.39 is 0 Å². The van der Waals surface area contributed by atoms with Crippen molar-refractivity contribution in [3.05, 3.63) is 66.3 Å². The maximum atomic E-state index is 11.6. The van der Waals surface area contributed by atoms with Crippen LogP contribution in [0.4, 0.5) is 0 Å². The minimum Gasteiger partial charge on any atom is -0.423 e. The molecule has 2 heteroatoms. The van der Waals surface area contributed by atoms with Crippen LogP contribution in [-0.4, -0.2) is 5.97 Å². The molecule has 0 saturated heterocycles. The van der Waals surface area contributed by atoms with Gasteiger partial charge in [0, 0.05) is 12.0 Å². The van der Waals surface area contributed by atoms with E-state index in [9.17, 15) is 4.79 Å². The predicted octanol–water partition coefficient (Wildman–Crippen LogP) is 2.45. The van der Waals surface area contributed by atoms with Gasteiger partial charge in [-0.15, -0.1) is 5.73 Å². The first-order chi connectivity index (χ1) is 7.36. The number of carbonyl (C=O) groups is 1. The number of hydrogen-bond acceptors (Lipinski definition) is 2. The molecule has 1 aromatic carbocycles. The average Bonchev–Trinajstić information content (AvgIpc) is 2.31. The number of allylic oxidation sites excluding steroid dienone is 2. The highest BCUT2D eigenvalue weighted by molar-refractivity contribution is 5.93. The zero-order valence-electron chi connectivity index (χ0n) is 8.01. The highest BCUT2D eigenvalue weighted by Gasteiger charge is 2.11. The van der Waals surface area contributed by atoms with Gasteiger partial charge in [0.25, 0.3) is 0 Å². The van der Waals surface area contributed by atoms with E-state index in [4.69, 9.17) is 4.74 Å². The molecular formula is C13H9O2. The molecule has 0 spiro atoms. The molecule has 1 aromatic rings. The lowest BCUT2D eigenvalue weighted by atomic mass is 10.1. The van der Waals surface area contributed by atoms with Crippen LogP contribution >= 0.6 is 0 Å². The van der Waals surface area contributed by atoms with E-state index in [0.29, 0.717) is 11.3 Å². The van der Waals surface area contributed by atoms with Crippen LogP contribution in [0.2, 0.25) is 0 Å². The normalized spacial score (nSPS) is 13.5. The maximum absolute atomic E-state index is 11.6. The second-order valence-corrected chi connectivity index (χ2v) is 2.99. The van der Waals surface area contributed by atoms with Crippen LogP contribution in [0.25, 0.3) is 0 Å². The van der Waals surface area contributed by atoms with Crippen molar-refractivity contribution < 1.29 is 9.53 Å². The van der Waals surface area contributed by atoms with E-state index in [1.54, 1.807) is 36.8 Å². The first-order valence-electron chi connectivity index (χ1n) is 4.59. The van der Waals surface area contributed by atoms with Crippen molar-refractivity contribution in [3.63, 3.8) is 0 Å². The average molecular weight is 197 g/mol. The van der Waals surface area contributed by atoms with E-state index in [2.05, 4.69) is 5.73 Å². The number of benzene rings is 1. The summed E-state index contributed by atoms with van der Waals surface area (Å²) in [6.07, 6.45) is 6.71. The summed E-state index contributed by atoms with van der Waals surface area (Å²) in [5.41, 5.74) is 3.37. The summed E-state index contributed by atoms with van der Waals surface area (Å²) < 4.78 is 5.15. The molecule has 1 aliphatic carbocycles. The lowest BCUT2D eigenvalue weighted by Crippen LogP contribution is -2.11. The van der Waals surface area contributed by atoms with Crippen molar-refractivity contribution in [2.24, 2.45) is 0 Å². The summed E-state index contributed by atoms with van der Waals surface area (Å²) in [5, 5.41) is 0. The van der Waals surface area contributed by atoms with Gasteiger partial charge in [-0.25, -0.2) is 4.79 Å². The van der Waals surface area contributed by atoms with Crippen molar-refractivity contribution >= 4 is 5.97 Å². The van der Waals surface area contributed by atoms with Crippen molar-refractivity contribution in [3.8, 4) is 5.75 Å². The summed E-state index contributed by atoms with van der Waals surface area (Å²) in [6.45, 7) is 0. The van der Waals surface area contributed by atoms with Crippen molar-refractivity contribution in [2.75, 3.05) is 0 Å². The molecule has 0 bridgehead atoms. The van der Waals surface area contributed by atoms with Gasteiger partial charge in [0.2, 0.25) is 0 Å². The molecule has 15 heavy (non-hydrogen) atoms. The molecule has 0 unspecified atom stereocenters. The first kappa shape index (κ1) is 9.50. The first-order valence-corrected chi connectivity index (χ1v) is 4.59. The van der Waals surface area contributed by atoms with Gasteiger partial charge in [-0.3, -0.25) is 0 Å². The molecule has 2 nitrogen and oxygen atoms in total. The molecule has 0 aromatic heterocycles. The molecule has 0 heterocycles. The molecule has 1 radical (unpaired) electrons. The smallest absolute Gasteiger partial charge is 0.340 e. The van der Waals surface area contributed by atoms with Crippen molar-refractivity contribution in [2.45, 2.75) is 0 Å². The summed E-state index contributed by atoms with van der Waals surface area (Å²) in [7, 11) is 0. The Kier molecular flexibility index (Phi) is 2.82. The molecule has 73 valence electrons. The fraction of sp³-hybridized carbons (Fsp3) is 0. The number of hydrogen-bond donors (Lipinski definition) is 0. The summed E-state index contributed by atoms with van der Waals surface area (Å²) in [6, 6.07) is 9.00. The number of rotatable bonds is 2.